The Labute approximate surface area is 103 Å². The van der Waals surface area contributed by atoms with Crippen LogP contribution in [-0.4, -0.2) is 9.55 Å². The number of hydrogen-bond acceptors (Lipinski definition) is 2. The lowest BCUT2D eigenvalue weighted by molar-refractivity contribution is 0.967. The van der Waals surface area contributed by atoms with Crippen LogP contribution in [0.4, 0.5) is 0 Å². The van der Waals surface area contributed by atoms with Gasteiger partial charge in [0.25, 0.3) is 0 Å². The smallest absolute Gasteiger partial charge is 0.102 e. The zero-order chi connectivity index (χ0) is 12.0. The molecule has 0 aliphatic rings. The Kier molecular flexibility index (Phi) is 2.07. The zero-order valence-electron chi connectivity index (χ0n) is 9.11. The van der Waals surface area contributed by atoms with Crippen molar-refractivity contribution in [2.24, 2.45) is 7.05 Å². The summed E-state index contributed by atoms with van der Waals surface area (Å²) in [5, 5.41) is 10.7. The maximum Gasteiger partial charge on any atom is 0.102 e. The van der Waals surface area contributed by atoms with Crippen molar-refractivity contribution in [2.75, 3.05) is 0 Å². The van der Waals surface area contributed by atoms with Crippen LogP contribution in [0.5, 0.6) is 0 Å². The molecule has 3 aromatic rings. The maximum absolute atomic E-state index is 9.33. The predicted octanol–water partition coefficient (Wildman–Crippen LogP) is 3.25. The normalized spacial score (nSPS) is 10.9. The highest BCUT2D eigenvalue weighted by atomic mass is 35.5. The molecule has 0 bridgehead atoms. The summed E-state index contributed by atoms with van der Waals surface area (Å²) in [5.41, 5.74) is 3.10. The first-order valence-electron chi connectivity index (χ1n) is 5.15. The van der Waals surface area contributed by atoms with E-state index in [4.69, 9.17) is 11.6 Å². The van der Waals surface area contributed by atoms with E-state index in [1.54, 1.807) is 12.1 Å². The fraction of sp³-hybridized carbons (Fsp3) is 0.0769. The number of nitrogens with zero attached hydrogens (tertiary/aromatic N) is 3. The summed E-state index contributed by atoms with van der Waals surface area (Å²) in [5.74, 6) is 0. The van der Waals surface area contributed by atoms with Crippen molar-refractivity contribution >= 4 is 33.5 Å². The molecule has 0 saturated heterocycles. The zero-order valence-corrected chi connectivity index (χ0v) is 9.86. The van der Waals surface area contributed by atoms with E-state index in [1.165, 1.54) is 0 Å². The number of pyridine rings is 1. The average Bonchev–Trinajstić information content (AvgIpc) is 2.68. The summed E-state index contributed by atoms with van der Waals surface area (Å²) in [6.07, 6.45) is 1.90. The van der Waals surface area contributed by atoms with E-state index in [9.17, 15) is 5.26 Å². The van der Waals surface area contributed by atoms with Gasteiger partial charge >= 0.3 is 0 Å². The van der Waals surface area contributed by atoms with Gasteiger partial charge in [0.05, 0.1) is 22.1 Å². The molecule has 0 saturated carbocycles. The van der Waals surface area contributed by atoms with Crippen molar-refractivity contribution < 1.29 is 0 Å². The largest absolute Gasteiger partial charge is 0.348 e. The molecule has 0 aliphatic heterocycles. The Morgan fingerprint density at radius 3 is 2.88 bits per heavy atom. The summed E-state index contributed by atoms with van der Waals surface area (Å²) < 4.78 is 1.90. The molecule has 3 rings (SSSR count). The highest BCUT2D eigenvalue weighted by molar-refractivity contribution is 6.31. The molecule has 0 N–H and O–H groups in total. The molecule has 0 spiro atoms. The Morgan fingerprint density at radius 1 is 1.29 bits per heavy atom. The predicted molar refractivity (Wildman–Crippen MR) is 67.9 cm³/mol. The second kappa shape index (κ2) is 3.47. The molecule has 0 fully saturated rings. The number of fused-ring (bicyclic) bond motifs is 2. The molecule has 0 amide bonds. The van der Waals surface area contributed by atoms with Gasteiger partial charge in [-0.25, -0.2) is 4.98 Å². The Bertz CT molecular complexity index is 781. The van der Waals surface area contributed by atoms with Crippen LogP contribution >= 0.6 is 11.6 Å². The third kappa shape index (κ3) is 1.38. The van der Waals surface area contributed by atoms with Gasteiger partial charge in [-0.05, 0) is 24.3 Å². The molecule has 0 unspecified atom stereocenters. The lowest BCUT2D eigenvalue weighted by atomic mass is 10.1. The van der Waals surface area contributed by atoms with E-state index in [2.05, 4.69) is 11.1 Å². The minimum Gasteiger partial charge on any atom is -0.348 e. The van der Waals surface area contributed by atoms with Crippen molar-refractivity contribution in [3.05, 3.63) is 41.0 Å². The molecule has 0 aliphatic carbocycles. The van der Waals surface area contributed by atoms with E-state index >= 15 is 0 Å². The fourth-order valence-corrected chi connectivity index (χ4v) is 2.26. The van der Waals surface area contributed by atoms with Gasteiger partial charge in [0, 0.05) is 23.7 Å². The van der Waals surface area contributed by atoms with Gasteiger partial charge in [-0.1, -0.05) is 11.6 Å². The van der Waals surface area contributed by atoms with Crippen LogP contribution in [0, 0.1) is 11.3 Å². The Hall–Kier alpha value is -2.05. The molecule has 17 heavy (non-hydrogen) atoms. The van der Waals surface area contributed by atoms with E-state index in [0.717, 1.165) is 21.9 Å². The number of nitriles is 1. The number of hydrogen-bond donors (Lipinski definition) is 0. The minimum atomic E-state index is 0.615. The van der Waals surface area contributed by atoms with Crippen LogP contribution < -0.4 is 0 Å². The molecular formula is C13H8ClN3. The number of halogens is 1. The van der Waals surface area contributed by atoms with Crippen molar-refractivity contribution in [1.82, 2.24) is 9.55 Å². The van der Waals surface area contributed by atoms with Crippen LogP contribution in [0.2, 0.25) is 5.02 Å². The van der Waals surface area contributed by atoms with Crippen LogP contribution in [0.15, 0.2) is 30.5 Å². The minimum absolute atomic E-state index is 0.615. The number of rotatable bonds is 0. The van der Waals surface area contributed by atoms with Crippen molar-refractivity contribution in [3.8, 4) is 6.07 Å². The monoisotopic (exact) mass is 241 g/mol. The Morgan fingerprint density at radius 2 is 2.12 bits per heavy atom. The van der Waals surface area contributed by atoms with E-state index in [1.807, 2.05) is 29.9 Å². The third-order valence-corrected chi connectivity index (χ3v) is 3.10. The molecule has 4 heteroatoms. The highest BCUT2D eigenvalue weighted by Gasteiger charge is 2.11. The van der Waals surface area contributed by atoms with Crippen molar-refractivity contribution in [1.29, 1.82) is 5.26 Å². The summed E-state index contributed by atoms with van der Waals surface area (Å²) in [4.78, 5) is 4.52. The first-order valence-corrected chi connectivity index (χ1v) is 5.53. The standard InChI is InChI=1S/C13H8ClN3/c1-17-5-4-12-13(17)10(7-15)9-6-8(14)2-3-11(9)16-12/h2-6H,1H3. The second-order valence-corrected chi connectivity index (χ2v) is 4.36. The highest BCUT2D eigenvalue weighted by Crippen LogP contribution is 2.27. The van der Waals surface area contributed by atoms with Crippen LogP contribution in [0.3, 0.4) is 0 Å². The van der Waals surface area contributed by atoms with Crippen LogP contribution in [-0.2, 0) is 7.05 Å². The molecule has 0 atom stereocenters. The van der Waals surface area contributed by atoms with Crippen molar-refractivity contribution in [3.63, 3.8) is 0 Å². The van der Waals surface area contributed by atoms with Gasteiger partial charge in [-0.15, -0.1) is 0 Å². The maximum atomic E-state index is 9.33. The van der Waals surface area contributed by atoms with E-state index in [0.29, 0.717) is 10.6 Å². The molecule has 2 heterocycles. The van der Waals surface area contributed by atoms with Gasteiger partial charge in [0.1, 0.15) is 6.07 Å². The quantitative estimate of drug-likeness (QED) is 0.606. The lowest BCUT2D eigenvalue weighted by Crippen LogP contribution is -1.92. The number of benzene rings is 1. The summed E-state index contributed by atoms with van der Waals surface area (Å²) in [7, 11) is 1.90. The SMILES string of the molecule is Cn1ccc2nc3ccc(Cl)cc3c(C#N)c21. The van der Waals surface area contributed by atoms with Gasteiger partial charge in [-0.3, -0.25) is 0 Å². The Balaban J connectivity index is 2.63. The third-order valence-electron chi connectivity index (χ3n) is 2.87. The topological polar surface area (TPSA) is 41.6 Å². The van der Waals surface area contributed by atoms with Crippen LogP contribution in [0.1, 0.15) is 5.56 Å². The summed E-state index contributed by atoms with van der Waals surface area (Å²) >= 11 is 5.97. The lowest BCUT2D eigenvalue weighted by Gasteiger charge is -2.04. The first kappa shape index (κ1) is 10.1. The van der Waals surface area contributed by atoms with Crippen molar-refractivity contribution in [2.45, 2.75) is 0 Å². The molecule has 82 valence electrons. The molecule has 3 nitrogen and oxygen atoms in total. The first-order chi connectivity index (χ1) is 8.20. The molecule has 1 aromatic carbocycles. The summed E-state index contributed by atoms with van der Waals surface area (Å²) in [6, 6.07) is 9.56. The fourth-order valence-electron chi connectivity index (χ4n) is 2.09. The number of aryl methyl sites for hydroxylation is 1. The second-order valence-electron chi connectivity index (χ2n) is 3.92. The molecular weight excluding hydrogens is 234 g/mol. The van der Waals surface area contributed by atoms with Gasteiger partial charge in [0.2, 0.25) is 0 Å². The van der Waals surface area contributed by atoms with Gasteiger partial charge < -0.3 is 4.57 Å². The molecule has 0 radical (unpaired) electrons. The van der Waals surface area contributed by atoms with Crippen LogP contribution in [0.25, 0.3) is 21.9 Å². The van der Waals surface area contributed by atoms with E-state index < -0.39 is 0 Å². The average molecular weight is 242 g/mol. The van der Waals surface area contributed by atoms with Gasteiger partial charge in [-0.2, -0.15) is 5.26 Å². The number of aromatic nitrogens is 2. The van der Waals surface area contributed by atoms with E-state index in [-0.39, 0.29) is 0 Å². The summed E-state index contributed by atoms with van der Waals surface area (Å²) in [6.45, 7) is 0. The van der Waals surface area contributed by atoms with Gasteiger partial charge in [0.15, 0.2) is 0 Å². The molecule has 2 aromatic heterocycles.